The molecule has 156 valence electrons. The molecule has 7 nitrogen and oxygen atoms in total. The average molecular weight is 449 g/mol. The summed E-state index contributed by atoms with van der Waals surface area (Å²) < 4.78 is 42.9. The van der Waals surface area contributed by atoms with E-state index < -0.39 is 27.7 Å². The van der Waals surface area contributed by atoms with Crippen molar-refractivity contribution in [1.82, 2.24) is 9.55 Å². The molecule has 2 aromatic carbocycles. The van der Waals surface area contributed by atoms with E-state index in [2.05, 4.69) is 10.3 Å². The molecule has 0 bridgehead atoms. The zero-order chi connectivity index (χ0) is 21.5. The molecule has 1 amide bonds. The Hall–Kier alpha value is -2.91. The Morgan fingerprint density at radius 3 is 2.73 bits per heavy atom. The second kappa shape index (κ2) is 7.73. The third-order valence-corrected chi connectivity index (χ3v) is 6.88. The van der Waals surface area contributed by atoms with Gasteiger partial charge < -0.3 is 9.88 Å². The van der Waals surface area contributed by atoms with E-state index in [1.807, 2.05) is 0 Å². The highest BCUT2D eigenvalue weighted by Crippen LogP contribution is 2.34. The van der Waals surface area contributed by atoms with E-state index in [-0.39, 0.29) is 22.3 Å². The lowest BCUT2D eigenvalue weighted by molar-refractivity contribution is -0.119. The lowest BCUT2D eigenvalue weighted by Gasteiger charge is -2.34. The van der Waals surface area contributed by atoms with E-state index in [1.54, 1.807) is 35.9 Å². The molecule has 0 saturated heterocycles. The van der Waals surface area contributed by atoms with Crippen LogP contribution in [-0.4, -0.2) is 30.4 Å². The molecule has 0 aliphatic carbocycles. The molecule has 1 aromatic heterocycles. The van der Waals surface area contributed by atoms with Gasteiger partial charge in [-0.15, -0.1) is 0 Å². The van der Waals surface area contributed by atoms with Crippen molar-refractivity contribution in [3.63, 3.8) is 0 Å². The van der Waals surface area contributed by atoms with Crippen LogP contribution in [0.3, 0.4) is 0 Å². The van der Waals surface area contributed by atoms with Crippen LogP contribution in [0.1, 0.15) is 5.56 Å². The second-order valence-electron chi connectivity index (χ2n) is 7.06. The summed E-state index contributed by atoms with van der Waals surface area (Å²) in [5.74, 6) is -1.73. The number of aryl methyl sites for hydroxylation is 1. The van der Waals surface area contributed by atoms with E-state index in [0.717, 1.165) is 11.6 Å². The molecule has 3 aromatic rings. The summed E-state index contributed by atoms with van der Waals surface area (Å²) in [4.78, 5) is 16.8. The van der Waals surface area contributed by atoms with Crippen molar-refractivity contribution in [3.8, 4) is 0 Å². The molecule has 0 saturated carbocycles. The van der Waals surface area contributed by atoms with Gasteiger partial charge in [-0.05, 0) is 36.2 Å². The smallest absolute Gasteiger partial charge is 0.283 e. The average Bonchev–Trinajstić information content (AvgIpc) is 3.17. The SMILES string of the molecule is Cn1cnc(S(=O)(=O)N2CC(C(=O)Nc3ccc(Cl)c(F)c3)Cc3ccccc32)c1. The van der Waals surface area contributed by atoms with Crippen molar-refractivity contribution in [2.75, 3.05) is 16.2 Å². The van der Waals surface area contributed by atoms with E-state index in [4.69, 9.17) is 11.6 Å². The number of halogens is 2. The van der Waals surface area contributed by atoms with Crippen LogP contribution in [0.25, 0.3) is 0 Å². The minimum atomic E-state index is -3.96. The quantitative estimate of drug-likeness (QED) is 0.664. The number of carbonyl (C=O) groups is 1. The highest BCUT2D eigenvalue weighted by Gasteiger charge is 2.37. The molecule has 0 spiro atoms. The van der Waals surface area contributed by atoms with Gasteiger partial charge in [0.25, 0.3) is 10.0 Å². The van der Waals surface area contributed by atoms with Crippen LogP contribution >= 0.6 is 11.6 Å². The molecular weight excluding hydrogens is 431 g/mol. The molecule has 0 fully saturated rings. The molecular formula is C20H18ClFN4O3S. The highest BCUT2D eigenvalue weighted by molar-refractivity contribution is 7.92. The number of nitrogens with zero attached hydrogens (tertiary/aromatic N) is 3. The summed E-state index contributed by atoms with van der Waals surface area (Å²) in [5.41, 5.74) is 1.50. The number of hydrogen-bond acceptors (Lipinski definition) is 4. The van der Waals surface area contributed by atoms with Crippen LogP contribution in [0.15, 0.2) is 60.0 Å². The summed E-state index contributed by atoms with van der Waals surface area (Å²) in [6.07, 6.45) is 3.17. The standard InChI is InChI=1S/C20H18ClFN4O3S/c1-25-11-19(23-12-25)30(28,29)26-10-14(8-13-4-2-3-5-18(13)26)20(27)24-15-6-7-16(21)17(22)9-15/h2-7,9,11-12,14H,8,10H2,1H3,(H,24,27). The van der Waals surface area contributed by atoms with Gasteiger partial charge in [0.05, 0.1) is 23.0 Å². The Bertz CT molecular complexity index is 1230. The van der Waals surface area contributed by atoms with Crippen LogP contribution in [0.4, 0.5) is 15.8 Å². The summed E-state index contributed by atoms with van der Waals surface area (Å²) in [5, 5.41) is 2.50. The van der Waals surface area contributed by atoms with Crippen molar-refractivity contribution in [3.05, 3.63) is 71.4 Å². The van der Waals surface area contributed by atoms with Gasteiger partial charge in [0.1, 0.15) is 5.82 Å². The number of hydrogen-bond donors (Lipinski definition) is 1. The molecule has 1 atom stereocenters. The predicted octanol–water partition coefficient (Wildman–Crippen LogP) is 3.22. The number of anilines is 2. The minimum Gasteiger partial charge on any atom is -0.339 e. The monoisotopic (exact) mass is 448 g/mol. The normalized spacial score (nSPS) is 16.2. The molecule has 30 heavy (non-hydrogen) atoms. The van der Waals surface area contributed by atoms with Gasteiger partial charge in [-0.1, -0.05) is 29.8 Å². The third kappa shape index (κ3) is 3.78. The van der Waals surface area contributed by atoms with Gasteiger partial charge in [0.15, 0.2) is 5.03 Å². The highest BCUT2D eigenvalue weighted by atomic mass is 35.5. The molecule has 2 heterocycles. The van der Waals surface area contributed by atoms with Gasteiger partial charge in [-0.3, -0.25) is 9.10 Å². The number of benzene rings is 2. The number of para-hydroxylation sites is 1. The zero-order valence-corrected chi connectivity index (χ0v) is 17.5. The molecule has 1 unspecified atom stereocenters. The largest absolute Gasteiger partial charge is 0.339 e. The van der Waals surface area contributed by atoms with Gasteiger partial charge in [-0.25, -0.2) is 9.37 Å². The lowest BCUT2D eigenvalue weighted by atomic mass is 9.93. The van der Waals surface area contributed by atoms with Crippen molar-refractivity contribution in [2.24, 2.45) is 13.0 Å². The third-order valence-electron chi connectivity index (χ3n) is 4.91. The minimum absolute atomic E-state index is 0.0489. The Morgan fingerprint density at radius 1 is 1.27 bits per heavy atom. The van der Waals surface area contributed by atoms with Crippen LogP contribution in [0, 0.1) is 11.7 Å². The number of carbonyl (C=O) groups excluding carboxylic acids is 1. The van der Waals surface area contributed by atoms with Gasteiger partial charge in [0, 0.05) is 25.5 Å². The summed E-state index contributed by atoms with van der Waals surface area (Å²) in [7, 11) is -2.28. The first-order valence-corrected chi connectivity index (χ1v) is 10.9. The first-order chi connectivity index (χ1) is 14.3. The fourth-order valence-electron chi connectivity index (χ4n) is 3.41. The fourth-order valence-corrected chi connectivity index (χ4v) is 5.05. The molecule has 0 radical (unpaired) electrons. The van der Waals surface area contributed by atoms with Crippen molar-refractivity contribution >= 4 is 38.9 Å². The Morgan fingerprint density at radius 2 is 2.03 bits per heavy atom. The maximum absolute atomic E-state index is 13.7. The Labute approximate surface area is 178 Å². The van der Waals surface area contributed by atoms with Crippen LogP contribution in [-0.2, 0) is 28.3 Å². The first-order valence-electron chi connectivity index (χ1n) is 9.10. The number of amides is 1. The number of imidazole rings is 1. The first kappa shape index (κ1) is 20.4. The number of sulfonamides is 1. The molecule has 1 N–H and O–H groups in total. The Balaban J connectivity index is 1.65. The van der Waals surface area contributed by atoms with Gasteiger partial charge in [-0.2, -0.15) is 8.42 Å². The van der Waals surface area contributed by atoms with E-state index in [0.29, 0.717) is 12.1 Å². The molecule has 1 aliphatic heterocycles. The van der Waals surface area contributed by atoms with Crippen molar-refractivity contribution in [1.29, 1.82) is 0 Å². The molecule has 1 aliphatic rings. The number of rotatable bonds is 4. The van der Waals surface area contributed by atoms with Gasteiger partial charge in [0.2, 0.25) is 5.91 Å². The van der Waals surface area contributed by atoms with Crippen LogP contribution < -0.4 is 9.62 Å². The fraction of sp³-hybridized carbons (Fsp3) is 0.200. The number of fused-ring (bicyclic) bond motifs is 1. The number of aromatic nitrogens is 2. The van der Waals surface area contributed by atoms with Gasteiger partial charge >= 0.3 is 0 Å². The summed E-state index contributed by atoms with van der Waals surface area (Å²) in [6, 6.07) is 11.0. The molecule has 10 heteroatoms. The summed E-state index contributed by atoms with van der Waals surface area (Å²) >= 11 is 5.68. The Kier molecular flexibility index (Phi) is 5.25. The maximum atomic E-state index is 13.7. The maximum Gasteiger partial charge on any atom is 0.283 e. The predicted molar refractivity (Wildman–Crippen MR) is 111 cm³/mol. The van der Waals surface area contributed by atoms with Crippen LogP contribution in [0.2, 0.25) is 5.02 Å². The van der Waals surface area contributed by atoms with E-state index >= 15 is 0 Å². The van der Waals surface area contributed by atoms with Crippen molar-refractivity contribution in [2.45, 2.75) is 11.4 Å². The van der Waals surface area contributed by atoms with Crippen molar-refractivity contribution < 1.29 is 17.6 Å². The molecule has 4 rings (SSSR count). The zero-order valence-electron chi connectivity index (χ0n) is 15.9. The lowest BCUT2D eigenvalue weighted by Crippen LogP contribution is -2.44. The summed E-state index contributed by atoms with van der Waals surface area (Å²) in [6.45, 7) is -0.0577. The van der Waals surface area contributed by atoms with E-state index in [9.17, 15) is 17.6 Å². The van der Waals surface area contributed by atoms with Crippen LogP contribution in [0.5, 0.6) is 0 Å². The number of nitrogens with one attached hydrogen (secondary N) is 1. The second-order valence-corrected chi connectivity index (χ2v) is 9.28. The van der Waals surface area contributed by atoms with E-state index in [1.165, 1.54) is 29.0 Å². The topological polar surface area (TPSA) is 84.3 Å².